The maximum atomic E-state index is 12.5. The zero-order valence-electron chi connectivity index (χ0n) is 17.1. The van der Waals surface area contributed by atoms with Gasteiger partial charge in [-0.2, -0.15) is 5.10 Å². The Morgan fingerprint density at radius 3 is 2.47 bits per heavy atom. The molecule has 30 heavy (non-hydrogen) atoms. The molecule has 8 nitrogen and oxygen atoms in total. The SMILES string of the molecule is Cc1ccc(C(=O)NC(C(=O)N/N=C/c2cccc(OCC(=O)O)c2)C(C)C)cc1. The number of ether oxygens (including phenoxy) is 1. The first-order chi connectivity index (χ1) is 14.3. The molecule has 0 aromatic heterocycles. The van der Waals surface area contributed by atoms with Crippen molar-refractivity contribution >= 4 is 24.0 Å². The lowest BCUT2D eigenvalue weighted by Gasteiger charge is -2.20. The van der Waals surface area contributed by atoms with Crippen LogP contribution >= 0.6 is 0 Å². The van der Waals surface area contributed by atoms with E-state index in [0.717, 1.165) is 5.56 Å². The van der Waals surface area contributed by atoms with Gasteiger partial charge in [0, 0.05) is 5.56 Å². The number of aryl methyl sites for hydroxylation is 1. The van der Waals surface area contributed by atoms with Crippen LogP contribution < -0.4 is 15.5 Å². The molecule has 0 saturated carbocycles. The normalized spacial score (nSPS) is 11.9. The lowest BCUT2D eigenvalue weighted by Crippen LogP contribution is -2.48. The van der Waals surface area contributed by atoms with Crippen LogP contribution in [-0.2, 0) is 9.59 Å². The molecule has 0 saturated heterocycles. The number of hydrazone groups is 1. The highest BCUT2D eigenvalue weighted by Crippen LogP contribution is 2.12. The smallest absolute Gasteiger partial charge is 0.341 e. The number of carboxylic acids is 1. The number of aliphatic carboxylic acids is 1. The molecule has 2 aromatic rings. The average molecular weight is 411 g/mol. The number of amides is 2. The summed E-state index contributed by atoms with van der Waals surface area (Å²) in [7, 11) is 0. The lowest BCUT2D eigenvalue weighted by atomic mass is 10.0. The van der Waals surface area contributed by atoms with Crippen molar-refractivity contribution in [2.24, 2.45) is 11.0 Å². The van der Waals surface area contributed by atoms with Gasteiger partial charge in [0.2, 0.25) is 0 Å². The van der Waals surface area contributed by atoms with E-state index >= 15 is 0 Å². The van der Waals surface area contributed by atoms with Gasteiger partial charge in [0.1, 0.15) is 11.8 Å². The third-order valence-corrected chi connectivity index (χ3v) is 4.16. The van der Waals surface area contributed by atoms with Crippen molar-refractivity contribution in [1.82, 2.24) is 10.7 Å². The van der Waals surface area contributed by atoms with E-state index in [1.54, 1.807) is 36.4 Å². The molecule has 0 fully saturated rings. The predicted molar refractivity (Wildman–Crippen MR) is 113 cm³/mol. The second kappa shape index (κ2) is 10.8. The number of rotatable bonds is 9. The van der Waals surface area contributed by atoms with Gasteiger partial charge in [0.05, 0.1) is 6.21 Å². The largest absolute Gasteiger partial charge is 0.482 e. The standard InChI is InChI=1S/C22H25N3O5/c1-14(2)20(24-21(28)17-9-7-15(3)8-10-17)22(29)25-23-12-16-5-4-6-18(11-16)30-13-19(26)27/h4-12,14,20H,13H2,1-3H3,(H,24,28)(H,25,29)(H,26,27)/b23-12+. The number of carboxylic acid groups (broad SMARTS) is 1. The van der Waals surface area contributed by atoms with Gasteiger partial charge in [0.25, 0.3) is 11.8 Å². The summed E-state index contributed by atoms with van der Waals surface area (Å²) < 4.78 is 5.10. The van der Waals surface area contributed by atoms with Crippen molar-refractivity contribution in [2.45, 2.75) is 26.8 Å². The minimum Gasteiger partial charge on any atom is -0.482 e. The van der Waals surface area contributed by atoms with E-state index in [4.69, 9.17) is 9.84 Å². The van der Waals surface area contributed by atoms with Gasteiger partial charge in [-0.3, -0.25) is 9.59 Å². The molecule has 1 atom stereocenters. The summed E-state index contributed by atoms with van der Waals surface area (Å²) in [5.74, 6) is -1.63. The van der Waals surface area contributed by atoms with E-state index in [0.29, 0.717) is 16.9 Å². The van der Waals surface area contributed by atoms with Crippen molar-refractivity contribution < 1.29 is 24.2 Å². The first kappa shape index (κ1) is 22.6. The summed E-state index contributed by atoms with van der Waals surface area (Å²) in [6, 6.07) is 12.9. The molecule has 1 unspecified atom stereocenters. The molecule has 0 radical (unpaired) electrons. The summed E-state index contributed by atoms with van der Waals surface area (Å²) in [5.41, 5.74) is 4.55. The highest BCUT2D eigenvalue weighted by molar-refractivity contribution is 5.97. The highest BCUT2D eigenvalue weighted by atomic mass is 16.5. The van der Waals surface area contributed by atoms with Crippen LogP contribution in [-0.4, -0.2) is 41.8 Å². The third-order valence-electron chi connectivity index (χ3n) is 4.16. The predicted octanol–water partition coefficient (Wildman–Crippen LogP) is 2.36. The van der Waals surface area contributed by atoms with Crippen molar-refractivity contribution in [2.75, 3.05) is 6.61 Å². The number of nitrogens with zero attached hydrogens (tertiary/aromatic N) is 1. The van der Waals surface area contributed by atoms with Crippen LogP contribution in [0, 0.1) is 12.8 Å². The monoisotopic (exact) mass is 411 g/mol. The van der Waals surface area contributed by atoms with Crippen molar-refractivity contribution in [1.29, 1.82) is 0 Å². The number of hydrogen-bond donors (Lipinski definition) is 3. The van der Waals surface area contributed by atoms with E-state index in [1.165, 1.54) is 6.21 Å². The fourth-order valence-electron chi connectivity index (χ4n) is 2.53. The number of hydrogen-bond acceptors (Lipinski definition) is 5. The molecule has 0 bridgehead atoms. The Morgan fingerprint density at radius 2 is 1.83 bits per heavy atom. The molecular formula is C22H25N3O5. The Labute approximate surface area is 174 Å². The summed E-state index contributed by atoms with van der Waals surface area (Å²) in [6.45, 7) is 5.13. The van der Waals surface area contributed by atoms with E-state index in [-0.39, 0.29) is 11.8 Å². The maximum Gasteiger partial charge on any atom is 0.341 e. The summed E-state index contributed by atoms with van der Waals surface area (Å²) in [5, 5.41) is 15.3. The highest BCUT2D eigenvalue weighted by Gasteiger charge is 2.24. The third kappa shape index (κ3) is 7.05. The number of nitrogens with one attached hydrogen (secondary N) is 2. The van der Waals surface area contributed by atoms with E-state index < -0.39 is 24.5 Å². The maximum absolute atomic E-state index is 12.5. The second-order valence-corrected chi connectivity index (χ2v) is 7.05. The molecule has 158 valence electrons. The fourth-order valence-corrected chi connectivity index (χ4v) is 2.53. The van der Waals surface area contributed by atoms with E-state index in [1.807, 2.05) is 32.9 Å². The van der Waals surface area contributed by atoms with Crippen LogP contribution in [0.3, 0.4) is 0 Å². The minimum atomic E-state index is -1.08. The quantitative estimate of drug-likeness (QED) is 0.433. The molecule has 2 rings (SSSR count). The van der Waals surface area contributed by atoms with Gasteiger partial charge in [-0.1, -0.05) is 43.7 Å². The van der Waals surface area contributed by atoms with Crippen LogP contribution in [0.4, 0.5) is 0 Å². The molecule has 0 aliphatic rings. The Balaban J connectivity index is 1.98. The topological polar surface area (TPSA) is 117 Å². The zero-order valence-corrected chi connectivity index (χ0v) is 17.1. The lowest BCUT2D eigenvalue weighted by molar-refractivity contribution is -0.139. The Bertz CT molecular complexity index is 923. The van der Waals surface area contributed by atoms with E-state index in [2.05, 4.69) is 15.8 Å². The van der Waals surface area contributed by atoms with E-state index in [9.17, 15) is 14.4 Å². The van der Waals surface area contributed by atoms with Gasteiger partial charge in [0.15, 0.2) is 6.61 Å². The minimum absolute atomic E-state index is 0.151. The molecular weight excluding hydrogens is 386 g/mol. The fraction of sp³-hybridized carbons (Fsp3) is 0.273. The number of carbonyl (C=O) groups excluding carboxylic acids is 2. The van der Waals surface area contributed by atoms with Crippen molar-refractivity contribution in [3.8, 4) is 5.75 Å². The summed E-state index contributed by atoms with van der Waals surface area (Å²) >= 11 is 0. The van der Waals surface area contributed by atoms with Gasteiger partial charge >= 0.3 is 5.97 Å². The summed E-state index contributed by atoms with van der Waals surface area (Å²) in [4.78, 5) is 35.5. The summed E-state index contributed by atoms with van der Waals surface area (Å²) in [6.07, 6.45) is 1.41. The molecule has 2 aromatic carbocycles. The van der Waals surface area contributed by atoms with Crippen LogP contribution in [0.5, 0.6) is 5.75 Å². The zero-order chi connectivity index (χ0) is 22.1. The van der Waals surface area contributed by atoms with Crippen molar-refractivity contribution in [3.05, 3.63) is 65.2 Å². The Morgan fingerprint density at radius 1 is 1.13 bits per heavy atom. The van der Waals surface area contributed by atoms with Crippen LogP contribution in [0.2, 0.25) is 0 Å². The second-order valence-electron chi connectivity index (χ2n) is 7.05. The molecule has 8 heteroatoms. The van der Waals surface area contributed by atoms with Gasteiger partial charge in [-0.05, 0) is 42.7 Å². The van der Waals surface area contributed by atoms with Gasteiger partial charge in [-0.15, -0.1) is 0 Å². The average Bonchev–Trinajstić information content (AvgIpc) is 2.70. The first-order valence-electron chi connectivity index (χ1n) is 9.41. The molecule has 0 heterocycles. The van der Waals surface area contributed by atoms with Crippen molar-refractivity contribution in [3.63, 3.8) is 0 Å². The molecule has 0 aliphatic heterocycles. The molecule has 3 N–H and O–H groups in total. The molecule has 0 aliphatic carbocycles. The van der Waals surface area contributed by atoms with Crippen LogP contribution in [0.25, 0.3) is 0 Å². The number of benzene rings is 2. The van der Waals surface area contributed by atoms with Gasteiger partial charge in [-0.25, -0.2) is 10.2 Å². The Hall–Kier alpha value is -3.68. The first-order valence-corrected chi connectivity index (χ1v) is 9.41. The molecule has 0 spiro atoms. The molecule has 2 amide bonds. The Kier molecular flexibility index (Phi) is 8.10. The van der Waals surface area contributed by atoms with Crippen LogP contribution in [0.1, 0.15) is 35.3 Å². The van der Waals surface area contributed by atoms with Gasteiger partial charge < -0.3 is 15.2 Å². The number of carbonyl (C=O) groups is 3. The van der Waals surface area contributed by atoms with Crippen LogP contribution in [0.15, 0.2) is 53.6 Å².